The number of aliphatic hydroxyl groups is 2. The number of nitrogen functional groups attached to an aromatic ring is 1. The summed E-state index contributed by atoms with van der Waals surface area (Å²) >= 11 is 1.09. The summed E-state index contributed by atoms with van der Waals surface area (Å²) in [6.07, 6.45) is -4.88. The second kappa shape index (κ2) is 20.3. The van der Waals surface area contributed by atoms with Crippen molar-refractivity contribution in [3.8, 4) is 0 Å². The molecule has 2 unspecified atom stereocenters. The lowest BCUT2D eigenvalue weighted by Crippen LogP contribution is -2.46. The van der Waals surface area contributed by atoms with Crippen LogP contribution in [0, 0.1) is 5.41 Å². The number of nitrogens with one attached hydrogen (secondary N) is 3. The average molecular weight is 937 g/mol. The van der Waals surface area contributed by atoms with Gasteiger partial charge in [0.05, 0.1) is 30.7 Å². The Morgan fingerprint density at radius 1 is 1.02 bits per heavy atom. The number of aromatic nitrogens is 3. The number of thioether (sulfide) groups is 1. The van der Waals surface area contributed by atoms with E-state index in [4.69, 9.17) is 19.5 Å². The molecule has 23 nitrogen and oxygen atoms in total. The highest BCUT2D eigenvalue weighted by atomic mass is 32.2. The molecule has 0 bridgehead atoms. The summed E-state index contributed by atoms with van der Waals surface area (Å²) in [6, 6.07) is 12.5. The van der Waals surface area contributed by atoms with E-state index < -0.39 is 84.6 Å². The van der Waals surface area contributed by atoms with E-state index in [1.165, 1.54) is 24.7 Å². The Morgan fingerprint density at radius 3 is 2.48 bits per heavy atom. The molecule has 5 rings (SSSR count). The number of carbonyl (C=O) groups excluding carboxylic acids is 3. The number of amides is 2. The molecule has 2 aromatic heterocycles. The number of ether oxygens (including phenoxy) is 1. The van der Waals surface area contributed by atoms with Gasteiger partial charge < -0.3 is 60.4 Å². The molecule has 61 heavy (non-hydrogen) atoms. The first-order valence-corrected chi connectivity index (χ1v) is 23.9. The molecule has 1 aliphatic heterocycles. The molecule has 3 heterocycles. The molecule has 0 saturated carbocycles. The zero-order valence-electron chi connectivity index (χ0n) is 32.6. The Bertz CT molecular complexity index is 2340. The predicted octanol–water partition coefficient (Wildman–Crippen LogP) is 1.99. The Hall–Kier alpha value is -3.54. The molecule has 1 saturated heterocycles. The molecular formula is C34H47N6O17P3S. The molecule has 2 aromatic carbocycles. The number of imidazole rings is 1. The molecule has 11 N–H and O–H groups in total. The van der Waals surface area contributed by atoms with Crippen molar-refractivity contribution >= 4 is 79.8 Å². The second-order valence-electron chi connectivity index (χ2n) is 14.4. The van der Waals surface area contributed by atoms with Crippen molar-refractivity contribution in [3.63, 3.8) is 0 Å². The first kappa shape index (κ1) is 48.5. The summed E-state index contributed by atoms with van der Waals surface area (Å²) < 4.78 is 62.6. The van der Waals surface area contributed by atoms with E-state index in [0.29, 0.717) is 29.6 Å². The number of aryl methyl sites for hydroxylation is 1. The van der Waals surface area contributed by atoms with Gasteiger partial charge >= 0.3 is 23.5 Å². The molecule has 1 fully saturated rings. The van der Waals surface area contributed by atoms with Crippen LogP contribution in [0.5, 0.6) is 0 Å². The molecule has 2 amide bonds. The fraction of sp³-hybridized carbons (Fsp3) is 0.471. The van der Waals surface area contributed by atoms with Gasteiger partial charge in [-0.25, -0.2) is 18.7 Å². The largest absolute Gasteiger partial charge is 0.481 e. The van der Waals surface area contributed by atoms with E-state index in [1.807, 2.05) is 30.5 Å². The number of phosphoric ester groups is 3. The number of nitrogens with two attached hydrogens (primary N) is 1. The SMILES string of the molecule is CC(C)(COP(=O)(O)OP(=O)(O)OC[C@H]1O[C@@H](n2cnc3c(N)cccc32)[C@H](O)[C@@H]1OP(=O)(O)O)[C@@H](O)C(=O)NCCC(=O)NCCSC(=O)CCc1c[nH]c2ccccc12. The number of hydrogen-bond donors (Lipinski definition) is 10. The number of anilines is 1. The minimum Gasteiger partial charge on any atom is -0.397 e. The lowest BCUT2D eigenvalue weighted by molar-refractivity contribution is -0.137. The second-order valence-corrected chi connectivity index (χ2v) is 19.8. The number of benzene rings is 2. The third-order valence-electron chi connectivity index (χ3n) is 9.29. The number of rotatable bonds is 22. The van der Waals surface area contributed by atoms with E-state index >= 15 is 0 Å². The summed E-state index contributed by atoms with van der Waals surface area (Å²) in [7, 11) is -16.4. The minimum absolute atomic E-state index is 0.0281. The van der Waals surface area contributed by atoms with Crippen molar-refractivity contribution in [2.45, 2.75) is 63.8 Å². The van der Waals surface area contributed by atoms with Gasteiger partial charge in [-0.2, -0.15) is 4.31 Å². The first-order chi connectivity index (χ1) is 28.6. The van der Waals surface area contributed by atoms with Gasteiger partial charge in [-0.05, 0) is 30.2 Å². The Labute approximate surface area is 352 Å². The summed E-state index contributed by atoms with van der Waals surface area (Å²) in [4.78, 5) is 83.9. The molecule has 0 radical (unpaired) electrons. The fourth-order valence-electron chi connectivity index (χ4n) is 6.17. The Kier molecular flexibility index (Phi) is 16.1. The van der Waals surface area contributed by atoms with Crippen LogP contribution in [-0.2, 0) is 57.1 Å². The molecule has 0 spiro atoms. The van der Waals surface area contributed by atoms with Crippen molar-refractivity contribution in [2.75, 3.05) is 37.8 Å². The average Bonchev–Trinajstić information content (AvgIpc) is 3.89. The third kappa shape index (κ3) is 13.5. The van der Waals surface area contributed by atoms with Crippen LogP contribution in [-0.4, -0.2) is 118 Å². The van der Waals surface area contributed by atoms with Crippen LogP contribution in [0.1, 0.15) is 38.5 Å². The van der Waals surface area contributed by atoms with Crippen molar-refractivity contribution < 1.29 is 80.5 Å². The summed E-state index contributed by atoms with van der Waals surface area (Å²) in [5.41, 5.74) is 7.25. The van der Waals surface area contributed by atoms with Gasteiger partial charge in [-0.1, -0.05) is 49.9 Å². The predicted molar refractivity (Wildman–Crippen MR) is 218 cm³/mol. The van der Waals surface area contributed by atoms with E-state index in [1.54, 1.807) is 18.2 Å². The van der Waals surface area contributed by atoms with E-state index in [-0.39, 0.29) is 30.3 Å². The highest BCUT2D eigenvalue weighted by Gasteiger charge is 2.50. The quantitative estimate of drug-likeness (QED) is 0.0306. The molecule has 1 aliphatic rings. The highest BCUT2D eigenvalue weighted by Crippen LogP contribution is 2.61. The lowest BCUT2D eigenvalue weighted by atomic mass is 9.87. The maximum atomic E-state index is 12.7. The van der Waals surface area contributed by atoms with Gasteiger partial charge in [0.2, 0.25) is 11.8 Å². The van der Waals surface area contributed by atoms with Gasteiger partial charge in [0, 0.05) is 54.2 Å². The maximum absolute atomic E-state index is 12.7. The normalized spacial score (nSPS) is 20.9. The third-order valence-corrected chi connectivity index (χ3v) is 13.3. The molecule has 7 atom stereocenters. The summed E-state index contributed by atoms with van der Waals surface area (Å²) in [5, 5.41) is 27.6. The van der Waals surface area contributed by atoms with Gasteiger partial charge in [-0.15, -0.1) is 0 Å². The van der Waals surface area contributed by atoms with Gasteiger partial charge in [0.1, 0.15) is 29.9 Å². The first-order valence-electron chi connectivity index (χ1n) is 18.4. The van der Waals surface area contributed by atoms with Crippen LogP contribution in [0.3, 0.4) is 0 Å². The molecule has 336 valence electrons. The van der Waals surface area contributed by atoms with E-state index in [9.17, 15) is 57.9 Å². The number of H-pyrrole nitrogens is 1. The minimum atomic E-state index is -5.56. The highest BCUT2D eigenvalue weighted by molar-refractivity contribution is 8.13. The zero-order valence-corrected chi connectivity index (χ0v) is 36.1. The van der Waals surface area contributed by atoms with Crippen LogP contribution >= 0.6 is 35.2 Å². The van der Waals surface area contributed by atoms with Crippen molar-refractivity contribution in [3.05, 3.63) is 60.6 Å². The van der Waals surface area contributed by atoms with Gasteiger partial charge in [-0.3, -0.25) is 28.0 Å². The number of hydrogen-bond acceptors (Lipinski definition) is 16. The lowest BCUT2D eigenvalue weighted by Gasteiger charge is -2.30. The molecule has 4 aromatic rings. The molecule has 0 aliphatic carbocycles. The van der Waals surface area contributed by atoms with E-state index in [2.05, 4.69) is 29.4 Å². The summed E-state index contributed by atoms with van der Waals surface area (Å²) in [6.45, 7) is 0.539. The number of para-hydroxylation sites is 2. The zero-order chi connectivity index (χ0) is 44.8. The van der Waals surface area contributed by atoms with Crippen LogP contribution in [0.25, 0.3) is 21.9 Å². The van der Waals surface area contributed by atoms with Crippen LogP contribution in [0.4, 0.5) is 5.69 Å². The molecule has 27 heteroatoms. The van der Waals surface area contributed by atoms with Crippen molar-refractivity contribution in [2.24, 2.45) is 5.41 Å². The van der Waals surface area contributed by atoms with Crippen LogP contribution < -0.4 is 16.4 Å². The number of nitrogens with zero attached hydrogens (tertiary/aromatic N) is 2. The van der Waals surface area contributed by atoms with Gasteiger partial charge in [0.15, 0.2) is 11.3 Å². The van der Waals surface area contributed by atoms with E-state index in [0.717, 1.165) is 28.2 Å². The number of aromatic amines is 1. The smallest absolute Gasteiger partial charge is 0.397 e. The monoisotopic (exact) mass is 936 g/mol. The number of carbonyl (C=O) groups is 3. The van der Waals surface area contributed by atoms with Gasteiger partial charge in [0.25, 0.3) is 0 Å². The number of fused-ring (bicyclic) bond motifs is 2. The maximum Gasteiger partial charge on any atom is 0.481 e. The topological polar surface area (TPSA) is 354 Å². The van der Waals surface area contributed by atoms with Crippen molar-refractivity contribution in [1.29, 1.82) is 0 Å². The Morgan fingerprint density at radius 2 is 1.74 bits per heavy atom. The summed E-state index contributed by atoms with van der Waals surface area (Å²) in [5.74, 6) is -1.07. The van der Waals surface area contributed by atoms with Crippen LogP contribution in [0.2, 0.25) is 0 Å². The molecular weight excluding hydrogens is 889 g/mol. The van der Waals surface area contributed by atoms with Crippen LogP contribution in [0.15, 0.2) is 55.0 Å². The fourth-order valence-corrected chi connectivity index (χ4v) is 9.68. The Balaban J connectivity index is 1.02. The standard InChI is InChI=1S/C34H47N6O17P3S/c1-34(2,31(44)32(45)37-13-12-26(41)36-14-15-61-27(42)11-10-20-16-38-23-8-4-3-6-21(20)23)18-54-60(51,52)57-59(49,50)53-17-25-30(56-58(46,47)48)29(43)33(55-25)40-19-39-28-22(35)7-5-9-24(28)40/h3-9,16,19,25,29-31,33,38,43-44H,10-15,17-18,35H2,1-2H3,(H,36,41)(H,37,45)(H,49,50)(H,51,52)(H2,46,47,48)/t25-,29-,30-,31+,33-/m1/s1. The number of aliphatic hydroxyl groups excluding tert-OH is 2. The van der Waals surface area contributed by atoms with Crippen molar-refractivity contribution in [1.82, 2.24) is 25.2 Å². The number of phosphoric acid groups is 3.